The van der Waals surface area contributed by atoms with E-state index in [1.807, 2.05) is 0 Å². The Balaban J connectivity index is 2.25. The van der Waals surface area contributed by atoms with Crippen LogP contribution in [0.2, 0.25) is 0 Å². The first-order chi connectivity index (χ1) is 9.44. The molecule has 0 radical (unpaired) electrons. The molecule has 0 spiro atoms. The van der Waals surface area contributed by atoms with Crippen LogP contribution in [0.1, 0.15) is 16.8 Å². The zero-order chi connectivity index (χ0) is 14.8. The van der Waals surface area contributed by atoms with Crippen molar-refractivity contribution in [2.24, 2.45) is 0 Å². The Kier molecular flexibility index (Phi) is 4.56. The van der Waals surface area contributed by atoms with Crippen molar-refractivity contribution in [2.45, 2.75) is 17.4 Å². The minimum Gasteiger partial charge on any atom is -0.465 e. The lowest BCUT2D eigenvalue weighted by atomic mass is 10.2. The van der Waals surface area contributed by atoms with Crippen LogP contribution >= 0.6 is 11.8 Å². The number of benzene rings is 1. The van der Waals surface area contributed by atoms with Crippen molar-refractivity contribution in [1.82, 2.24) is 4.72 Å². The van der Waals surface area contributed by atoms with Gasteiger partial charge >= 0.3 is 5.97 Å². The van der Waals surface area contributed by atoms with Gasteiger partial charge in [0, 0.05) is 11.8 Å². The van der Waals surface area contributed by atoms with E-state index in [1.165, 1.54) is 25.3 Å². The van der Waals surface area contributed by atoms with Gasteiger partial charge in [-0.05, 0) is 30.4 Å². The maximum atomic E-state index is 12.2. The van der Waals surface area contributed by atoms with Crippen molar-refractivity contribution in [1.29, 1.82) is 0 Å². The molecule has 0 amide bonds. The molecule has 2 rings (SSSR count). The van der Waals surface area contributed by atoms with Crippen molar-refractivity contribution < 1.29 is 17.9 Å². The van der Waals surface area contributed by atoms with Crippen LogP contribution in [0.5, 0.6) is 0 Å². The molecule has 1 saturated heterocycles. The quantitative estimate of drug-likeness (QED) is 0.631. The van der Waals surface area contributed by atoms with E-state index in [0.717, 1.165) is 17.9 Å². The molecule has 1 fully saturated rings. The van der Waals surface area contributed by atoms with Gasteiger partial charge in [-0.1, -0.05) is 0 Å². The minimum absolute atomic E-state index is 0.0120. The number of esters is 1. The summed E-state index contributed by atoms with van der Waals surface area (Å²) in [7, 11) is -2.41. The van der Waals surface area contributed by atoms with Crippen molar-refractivity contribution in [2.75, 3.05) is 24.3 Å². The topological polar surface area (TPSA) is 98.5 Å². The average molecular weight is 316 g/mol. The smallest absolute Gasteiger partial charge is 0.337 e. The molecule has 1 aromatic carbocycles. The summed E-state index contributed by atoms with van der Waals surface area (Å²) in [5.74, 6) is 1.16. The number of carbonyl (C=O) groups excluding carboxylic acids is 1. The summed E-state index contributed by atoms with van der Waals surface area (Å²) in [5, 5.41) is 0. The Morgan fingerprint density at radius 2 is 2.25 bits per heavy atom. The third-order valence-electron chi connectivity index (χ3n) is 2.97. The summed E-state index contributed by atoms with van der Waals surface area (Å²) in [6, 6.07) is 3.96. The number of carbonyl (C=O) groups is 1. The van der Waals surface area contributed by atoms with Gasteiger partial charge in [0.05, 0.1) is 18.4 Å². The molecule has 0 bridgehead atoms. The molecule has 1 aliphatic rings. The number of thioether (sulfide) groups is 1. The molecule has 3 N–H and O–H groups in total. The fourth-order valence-corrected chi connectivity index (χ4v) is 4.59. The summed E-state index contributed by atoms with van der Waals surface area (Å²) in [4.78, 5) is 11.3. The van der Waals surface area contributed by atoms with Crippen LogP contribution in [0.3, 0.4) is 0 Å². The Hall–Kier alpha value is -1.25. The Morgan fingerprint density at radius 3 is 2.80 bits per heavy atom. The predicted molar refractivity (Wildman–Crippen MR) is 78.2 cm³/mol. The number of nitrogen functional groups attached to an aromatic ring is 1. The van der Waals surface area contributed by atoms with Crippen LogP contribution < -0.4 is 10.5 Å². The Labute approximate surface area is 122 Å². The van der Waals surface area contributed by atoms with Crippen LogP contribution in [0.25, 0.3) is 0 Å². The Morgan fingerprint density at radius 1 is 1.50 bits per heavy atom. The first-order valence-electron chi connectivity index (χ1n) is 6.02. The predicted octanol–water partition coefficient (Wildman–Crippen LogP) is 0.839. The molecule has 1 atom stereocenters. The lowest BCUT2D eigenvalue weighted by Gasteiger charge is -2.13. The molecule has 0 aliphatic carbocycles. The van der Waals surface area contributed by atoms with E-state index in [1.54, 1.807) is 11.8 Å². The molecular formula is C12H16N2O4S2. The van der Waals surface area contributed by atoms with E-state index < -0.39 is 16.0 Å². The molecule has 1 unspecified atom stereocenters. The minimum atomic E-state index is -3.66. The largest absolute Gasteiger partial charge is 0.465 e. The van der Waals surface area contributed by atoms with Gasteiger partial charge in [0.25, 0.3) is 0 Å². The number of rotatable bonds is 4. The molecule has 110 valence electrons. The number of hydrogen-bond donors (Lipinski definition) is 2. The first kappa shape index (κ1) is 15.1. The maximum absolute atomic E-state index is 12.2. The van der Waals surface area contributed by atoms with Gasteiger partial charge in [-0.15, -0.1) is 0 Å². The number of ether oxygens (including phenoxy) is 1. The highest BCUT2D eigenvalue weighted by atomic mass is 32.2. The van der Waals surface area contributed by atoms with E-state index >= 15 is 0 Å². The van der Waals surface area contributed by atoms with E-state index in [4.69, 9.17) is 5.73 Å². The van der Waals surface area contributed by atoms with Crippen LogP contribution in [0.15, 0.2) is 23.1 Å². The molecule has 20 heavy (non-hydrogen) atoms. The van der Waals surface area contributed by atoms with Gasteiger partial charge in [-0.3, -0.25) is 0 Å². The summed E-state index contributed by atoms with van der Waals surface area (Å²) >= 11 is 1.71. The third kappa shape index (κ3) is 3.25. The number of methoxy groups -OCH3 is 1. The zero-order valence-corrected chi connectivity index (χ0v) is 12.6. The molecule has 6 nitrogen and oxygen atoms in total. The molecule has 1 aromatic rings. The second-order valence-corrected chi connectivity index (χ2v) is 7.26. The SMILES string of the molecule is COC(=O)c1ccc(S(=O)(=O)NC2CCSC2)c(N)c1. The standard InChI is InChI=1S/C12H16N2O4S2/c1-18-12(15)8-2-3-11(10(13)6-8)20(16,17)14-9-4-5-19-7-9/h2-3,6,9,14H,4-5,7,13H2,1H3. The maximum Gasteiger partial charge on any atom is 0.337 e. The normalized spacial score (nSPS) is 18.9. The average Bonchev–Trinajstić information content (AvgIpc) is 2.89. The van der Waals surface area contributed by atoms with Crippen LogP contribution in [0, 0.1) is 0 Å². The molecule has 1 aliphatic heterocycles. The lowest BCUT2D eigenvalue weighted by molar-refractivity contribution is 0.0600. The van der Waals surface area contributed by atoms with Gasteiger partial charge in [0.2, 0.25) is 10.0 Å². The van der Waals surface area contributed by atoms with E-state index in [-0.39, 0.29) is 22.2 Å². The van der Waals surface area contributed by atoms with Gasteiger partial charge in [-0.25, -0.2) is 17.9 Å². The van der Waals surface area contributed by atoms with Crippen molar-refractivity contribution in [3.05, 3.63) is 23.8 Å². The molecule has 1 heterocycles. The van der Waals surface area contributed by atoms with E-state index in [2.05, 4.69) is 9.46 Å². The summed E-state index contributed by atoms with van der Waals surface area (Å²) in [6.07, 6.45) is 0.810. The van der Waals surface area contributed by atoms with E-state index in [9.17, 15) is 13.2 Å². The number of sulfonamides is 1. The molecular weight excluding hydrogens is 300 g/mol. The van der Waals surface area contributed by atoms with Crippen molar-refractivity contribution in [3.8, 4) is 0 Å². The molecule has 0 saturated carbocycles. The number of hydrogen-bond acceptors (Lipinski definition) is 6. The Bertz CT molecular complexity index is 610. The van der Waals surface area contributed by atoms with Gasteiger partial charge in [0.15, 0.2) is 0 Å². The third-order valence-corrected chi connectivity index (χ3v) is 5.73. The summed E-state index contributed by atoms with van der Waals surface area (Å²) < 4.78 is 31.7. The second-order valence-electron chi connectivity index (χ2n) is 4.43. The fraction of sp³-hybridized carbons (Fsp3) is 0.417. The van der Waals surface area contributed by atoms with Crippen LogP contribution in [0.4, 0.5) is 5.69 Å². The molecule has 0 aromatic heterocycles. The van der Waals surface area contributed by atoms with E-state index in [0.29, 0.717) is 0 Å². The van der Waals surface area contributed by atoms with Crippen molar-refractivity contribution >= 4 is 33.4 Å². The highest BCUT2D eigenvalue weighted by molar-refractivity contribution is 7.99. The summed E-state index contributed by atoms with van der Waals surface area (Å²) in [5.41, 5.74) is 6.00. The number of nitrogens with one attached hydrogen (secondary N) is 1. The number of nitrogens with two attached hydrogens (primary N) is 1. The van der Waals surface area contributed by atoms with Crippen molar-refractivity contribution in [3.63, 3.8) is 0 Å². The van der Waals surface area contributed by atoms with Gasteiger partial charge < -0.3 is 10.5 Å². The second kappa shape index (κ2) is 6.02. The van der Waals surface area contributed by atoms with Gasteiger partial charge in [0.1, 0.15) is 4.90 Å². The fourth-order valence-electron chi connectivity index (χ4n) is 1.95. The lowest BCUT2D eigenvalue weighted by Crippen LogP contribution is -2.35. The first-order valence-corrected chi connectivity index (χ1v) is 8.66. The monoisotopic (exact) mass is 316 g/mol. The zero-order valence-electron chi connectivity index (χ0n) is 11.0. The highest BCUT2D eigenvalue weighted by Gasteiger charge is 2.25. The van der Waals surface area contributed by atoms with Gasteiger partial charge in [-0.2, -0.15) is 11.8 Å². The number of anilines is 1. The molecule has 8 heteroatoms. The van der Waals surface area contributed by atoms with Crippen LogP contribution in [-0.4, -0.2) is 39.0 Å². The summed E-state index contributed by atoms with van der Waals surface area (Å²) in [6.45, 7) is 0. The van der Waals surface area contributed by atoms with Crippen LogP contribution in [-0.2, 0) is 14.8 Å². The highest BCUT2D eigenvalue weighted by Crippen LogP contribution is 2.23.